The van der Waals surface area contributed by atoms with Crippen LogP contribution in [0.3, 0.4) is 0 Å². The molecule has 1 saturated heterocycles. The molecule has 0 bridgehead atoms. The molecule has 0 aliphatic carbocycles. The third-order valence-corrected chi connectivity index (χ3v) is 5.26. The Kier molecular flexibility index (Phi) is 5.11. The Hall–Kier alpha value is -0.860. The van der Waals surface area contributed by atoms with Crippen molar-refractivity contribution in [1.29, 1.82) is 0 Å². The van der Waals surface area contributed by atoms with Crippen LogP contribution in [-0.2, 0) is 0 Å². The number of likely N-dealkylation sites (tertiary alicyclic amines) is 1. The highest BCUT2D eigenvalue weighted by molar-refractivity contribution is 5.39. The first-order valence-corrected chi connectivity index (χ1v) is 8.37. The van der Waals surface area contributed by atoms with Crippen LogP contribution in [0.4, 0.5) is 0 Å². The Morgan fingerprint density at radius 1 is 1.14 bits per heavy atom. The van der Waals surface area contributed by atoms with E-state index in [9.17, 15) is 0 Å². The van der Waals surface area contributed by atoms with Crippen molar-refractivity contribution >= 4 is 0 Å². The van der Waals surface area contributed by atoms with Gasteiger partial charge in [0.25, 0.3) is 0 Å². The van der Waals surface area contributed by atoms with E-state index in [-0.39, 0.29) is 6.04 Å². The zero-order valence-corrected chi connectivity index (χ0v) is 14.6. The molecular formula is C19H32N2. The summed E-state index contributed by atoms with van der Waals surface area (Å²) in [5.41, 5.74) is 11.9. The molecule has 1 heterocycles. The zero-order valence-electron chi connectivity index (χ0n) is 14.6. The number of aryl methyl sites for hydroxylation is 3. The number of nitrogens with zero attached hydrogens (tertiary/aromatic N) is 1. The van der Waals surface area contributed by atoms with Crippen molar-refractivity contribution in [2.45, 2.75) is 60.0 Å². The van der Waals surface area contributed by atoms with Gasteiger partial charge in [-0.25, -0.2) is 0 Å². The molecule has 0 aromatic heterocycles. The Balaban J connectivity index is 2.16. The molecule has 0 spiro atoms. The smallest absolute Gasteiger partial charge is 0.0429 e. The molecule has 2 nitrogen and oxygen atoms in total. The SMILES string of the molecule is Cc1cc(C)c(C(N)CN2CC(C)CC(C)C2C)c(C)c1. The van der Waals surface area contributed by atoms with Gasteiger partial charge in [0.2, 0.25) is 0 Å². The van der Waals surface area contributed by atoms with E-state index >= 15 is 0 Å². The lowest BCUT2D eigenvalue weighted by Gasteiger charge is -2.42. The summed E-state index contributed by atoms with van der Waals surface area (Å²) in [5.74, 6) is 1.55. The quantitative estimate of drug-likeness (QED) is 0.911. The second kappa shape index (κ2) is 6.50. The van der Waals surface area contributed by atoms with Crippen molar-refractivity contribution in [2.24, 2.45) is 17.6 Å². The monoisotopic (exact) mass is 288 g/mol. The molecule has 118 valence electrons. The first kappa shape index (κ1) is 16.5. The first-order chi connectivity index (χ1) is 9.79. The molecule has 0 amide bonds. The van der Waals surface area contributed by atoms with Crippen LogP contribution < -0.4 is 5.73 Å². The molecule has 1 aliphatic heterocycles. The normalized spacial score (nSPS) is 28.6. The molecule has 2 rings (SSSR count). The summed E-state index contributed by atoms with van der Waals surface area (Å²) in [6, 6.07) is 5.27. The van der Waals surface area contributed by atoms with Crippen molar-refractivity contribution in [2.75, 3.05) is 13.1 Å². The predicted octanol–water partition coefficient (Wildman–Crippen LogP) is 3.98. The molecule has 1 aliphatic rings. The highest BCUT2D eigenvalue weighted by atomic mass is 15.2. The molecule has 4 unspecified atom stereocenters. The molecule has 1 aromatic carbocycles. The first-order valence-electron chi connectivity index (χ1n) is 8.37. The van der Waals surface area contributed by atoms with Crippen LogP contribution in [0.5, 0.6) is 0 Å². The number of benzene rings is 1. The average Bonchev–Trinajstić information content (AvgIpc) is 2.33. The molecular weight excluding hydrogens is 256 g/mol. The lowest BCUT2D eigenvalue weighted by atomic mass is 9.85. The highest BCUT2D eigenvalue weighted by Crippen LogP contribution is 2.29. The Morgan fingerprint density at radius 2 is 1.71 bits per heavy atom. The number of hydrogen-bond donors (Lipinski definition) is 1. The molecule has 2 heteroatoms. The number of piperidine rings is 1. The van der Waals surface area contributed by atoms with Crippen molar-refractivity contribution in [3.05, 3.63) is 34.4 Å². The molecule has 4 atom stereocenters. The number of nitrogens with two attached hydrogens (primary N) is 1. The number of rotatable bonds is 3. The van der Waals surface area contributed by atoms with Gasteiger partial charge in [-0.05, 0) is 62.6 Å². The summed E-state index contributed by atoms with van der Waals surface area (Å²) in [6.07, 6.45) is 1.34. The van der Waals surface area contributed by atoms with E-state index in [4.69, 9.17) is 5.73 Å². The van der Waals surface area contributed by atoms with Crippen molar-refractivity contribution in [3.63, 3.8) is 0 Å². The van der Waals surface area contributed by atoms with Gasteiger partial charge >= 0.3 is 0 Å². The van der Waals surface area contributed by atoms with E-state index in [0.29, 0.717) is 6.04 Å². The summed E-state index contributed by atoms with van der Waals surface area (Å²) >= 11 is 0. The second-order valence-electron chi connectivity index (χ2n) is 7.43. The van der Waals surface area contributed by atoms with Gasteiger partial charge in [0.15, 0.2) is 0 Å². The van der Waals surface area contributed by atoms with Gasteiger partial charge in [-0.15, -0.1) is 0 Å². The zero-order chi connectivity index (χ0) is 15.7. The number of hydrogen-bond acceptors (Lipinski definition) is 2. The van der Waals surface area contributed by atoms with Gasteiger partial charge < -0.3 is 5.73 Å². The molecule has 0 radical (unpaired) electrons. The second-order valence-corrected chi connectivity index (χ2v) is 7.43. The van der Waals surface area contributed by atoms with E-state index in [2.05, 4.69) is 58.6 Å². The summed E-state index contributed by atoms with van der Waals surface area (Å²) in [5, 5.41) is 0. The van der Waals surface area contributed by atoms with E-state index in [1.165, 1.54) is 35.2 Å². The maximum absolute atomic E-state index is 6.59. The van der Waals surface area contributed by atoms with E-state index < -0.39 is 0 Å². The average molecular weight is 288 g/mol. The lowest BCUT2D eigenvalue weighted by molar-refractivity contribution is 0.0741. The fourth-order valence-electron chi connectivity index (χ4n) is 4.19. The van der Waals surface area contributed by atoms with Crippen LogP contribution in [0.2, 0.25) is 0 Å². The molecule has 0 saturated carbocycles. The van der Waals surface area contributed by atoms with Crippen LogP contribution in [-0.4, -0.2) is 24.0 Å². The summed E-state index contributed by atoms with van der Waals surface area (Å²) in [4.78, 5) is 2.60. The third-order valence-electron chi connectivity index (χ3n) is 5.26. The molecule has 1 fully saturated rings. The van der Waals surface area contributed by atoms with Gasteiger partial charge in [-0.1, -0.05) is 31.5 Å². The van der Waals surface area contributed by atoms with Gasteiger partial charge in [0.05, 0.1) is 0 Å². The van der Waals surface area contributed by atoms with Crippen molar-refractivity contribution in [3.8, 4) is 0 Å². The molecule has 1 aromatic rings. The Bertz CT molecular complexity index is 471. The van der Waals surface area contributed by atoms with E-state index in [1.54, 1.807) is 0 Å². The molecule has 2 N–H and O–H groups in total. The summed E-state index contributed by atoms with van der Waals surface area (Å²) < 4.78 is 0. The topological polar surface area (TPSA) is 29.3 Å². The molecule has 21 heavy (non-hydrogen) atoms. The van der Waals surface area contributed by atoms with Crippen molar-refractivity contribution < 1.29 is 0 Å². The summed E-state index contributed by atoms with van der Waals surface area (Å²) in [6.45, 7) is 15.8. The fourth-order valence-corrected chi connectivity index (χ4v) is 4.19. The standard InChI is InChI=1S/C19H32N2/c1-12-7-15(4)19(16(5)8-12)18(20)11-21-10-13(2)9-14(3)17(21)6/h7-8,13-14,17-18H,9-11,20H2,1-6H3. The Morgan fingerprint density at radius 3 is 2.29 bits per heavy atom. The predicted molar refractivity (Wildman–Crippen MR) is 91.6 cm³/mol. The highest BCUT2D eigenvalue weighted by Gasteiger charge is 2.30. The summed E-state index contributed by atoms with van der Waals surface area (Å²) in [7, 11) is 0. The maximum atomic E-state index is 6.59. The maximum Gasteiger partial charge on any atom is 0.0429 e. The van der Waals surface area contributed by atoms with Crippen LogP contribution in [0, 0.1) is 32.6 Å². The minimum absolute atomic E-state index is 0.116. The third kappa shape index (κ3) is 3.67. The minimum Gasteiger partial charge on any atom is -0.323 e. The lowest BCUT2D eigenvalue weighted by Crippen LogP contribution is -2.48. The van der Waals surface area contributed by atoms with Crippen molar-refractivity contribution in [1.82, 2.24) is 4.90 Å². The minimum atomic E-state index is 0.116. The fraction of sp³-hybridized carbons (Fsp3) is 0.684. The van der Waals surface area contributed by atoms with Crippen LogP contribution >= 0.6 is 0 Å². The van der Waals surface area contributed by atoms with E-state index in [1.807, 2.05) is 0 Å². The van der Waals surface area contributed by atoms with Crippen LogP contribution in [0.25, 0.3) is 0 Å². The Labute approximate surface area is 130 Å². The van der Waals surface area contributed by atoms with Crippen LogP contribution in [0.15, 0.2) is 12.1 Å². The largest absolute Gasteiger partial charge is 0.323 e. The van der Waals surface area contributed by atoms with Gasteiger partial charge in [0.1, 0.15) is 0 Å². The van der Waals surface area contributed by atoms with Gasteiger partial charge in [-0.3, -0.25) is 4.90 Å². The van der Waals surface area contributed by atoms with Gasteiger partial charge in [-0.2, -0.15) is 0 Å². The van der Waals surface area contributed by atoms with Crippen LogP contribution in [0.1, 0.15) is 55.5 Å². The van der Waals surface area contributed by atoms with Gasteiger partial charge in [0, 0.05) is 25.2 Å². The van der Waals surface area contributed by atoms with E-state index in [0.717, 1.165) is 18.4 Å².